The highest BCUT2D eigenvalue weighted by molar-refractivity contribution is 8.01. The van der Waals surface area contributed by atoms with Crippen LogP contribution in [0.25, 0.3) is 0 Å². The van der Waals surface area contributed by atoms with Gasteiger partial charge in [-0.15, -0.1) is 10.2 Å². The van der Waals surface area contributed by atoms with Crippen LogP contribution in [0, 0.1) is 6.92 Å². The first-order valence-corrected chi connectivity index (χ1v) is 7.09. The van der Waals surface area contributed by atoms with E-state index in [9.17, 15) is 0 Å². The molecule has 0 amide bonds. The predicted molar refractivity (Wildman–Crippen MR) is 72.6 cm³/mol. The van der Waals surface area contributed by atoms with E-state index in [-0.39, 0.29) is 6.04 Å². The van der Waals surface area contributed by atoms with E-state index in [4.69, 9.17) is 5.73 Å². The van der Waals surface area contributed by atoms with Crippen LogP contribution < -0.4 is 5.73 Å². The highest BCUT2D eigenvalue weighted by Gasteiger charge is 2.03. The molecule has 1 aromatic carbocycles. The van der Waals surface area contributed by atoms with Gasteiger partial charge in [0.2, 0.25) is 0 Å². The van der Waals surface area contributed by atoms with Crippen molar-refractivity contribution in [1.82, 2.24) is 10.2 Å². The normalized spacial score (nSPS) is 12.6. The lowest BCUT2D eigenvalue weighted by molar-refractivity contribution is 0.737. The first-order chi connectivity index (χ1) is 8.13. The number of hydrogen-bond acceptors (Lipinski definition) is 5. The Bertz CT molecular complexity index is 477. The van der Waals surface area contributed by atoms with E-state index in [2.05, 4.69) is 34.5 Å². The molecule has 0 bridgehead atoms. The average molecular weight is 265 g/mol. The molecule has 17 heavy (non-hydrogen) atoms. The van der Waals surface area contributed by atoms with Gasteiger partial charge in [-0.1, -0.05) is 35.2 Å². The van der Waals surface area contributed by atoms with Crippen LogP contribution in [0.2, 0.25) is 0 Å². The molecule has 0 aliphatic rings. The number of nitrogens with zero attached hydrogens (tertiary/aromatic N) is 2. The maximum Gasteiger partial charge on any atom is 0.179 e. The monoisotopic (exact) mass is 265 g/mol. The molecule has 0 saturated heterocycles. The third kappa shape index (κ3) is 3.80. The summed E-state index contributed by atoms with van der Waals surface area (Å²) in [7, 11) is 0. The average Bonchev–Trinajstić information content (AvgIpc) is 2.66. The third-order valence-electron chi connectivity index (χ3n) is 2.19. The molecule has 0 spiro atoms. The summed E-state index contributed by atoms with van der Waals surface area (Å²) < 4.78 is 0.988. The Balaban J connectivity index is 2.03. The number of nitrogens with two attached hydrogens (primary N) is 1. The molecule has 0 aliphatic heterocycles. The van der Waals surface area contributed by atoms with Crippen LogP contribution in [-0.4, -0.2) is 16.2 Å². The molecule has 0 fully saturated rings. The lowest BCUT2D eigenvalue weighted by atomic mass is 10.1. The van der Waals surface area contributed by atoms with E-state index in [0.29, 0.717) is 0 Å². The Morgan fingerprint density at radius 3 is 2.53 bits per heavy atom. The highest BCUT2D eigenvalue weighted by Crippen LogP contribution is 2.29. The summed E-state index contributed by atoms with van der Waals surface area (Å²) in [5, 5.41) is 9.10. The fourth-order valence-electron chi connectivity index (χ4n) is 1.49. The Hall–Kier alpha value is -0.910. The van der Waals surface area contributed by atoms with Crippen LogP contribution in [0.15, 0.2) is 33.5 Å². The van der Waals surface area contributed by atoms with Gasteiger partial charge in [-0.3, -0.25) is 0 Å². The summed E-state index contributed by atoms with van der Waals surface area (Å²) >= 11 is 3.27. The Labute approximate surface area is 109 Å². The largest absolute Gasteiger partial charge is 0.328 e. The van der Waals surface area contributed by atoms with Gasteiger partial charge in [0, 0.05) is 10.9 Å². The molecule has 2 rings (SSSR count). The third-order valence-corrected chi connectivity index (χ3v) is 4.09. The summed E-state index contributed by atoms with van der Waals surface area (Å²) in [5.41, 5.74) is 7.04. The molecule has 1 aromatic heterocycles. The molecule has 0 aliphatic carbocycles. The fourth-order valence-corrected chi connectivity index (χ4v) is 3.27. The number of aromatic nitrogens is 2. The zero-order valence-corrected chi connectivity index (χ0v) is 11.5. The maximum atomic E-state index is 5.77. The molecule has 1 heterocycles. The zero-order chi connectivity index (χ0) is 12.3. The molecule has 1 atom stereocenters. The SMILES string of the molecule is Cc1nnc(Sc2ccc(CC(C)N)cc2)s1. The summed E-state index contributed by atoms with van der Waals surface area (Å²) in [4.78, 5) is 1.19. The number of benzene rings is 1. The molecule has 0 radical (unpaired) electrons. The topological polar surface area (TPSA) is 51.8 Å². The Kier molecular flexibility index (Phi) is 4.15. The number of hydrogen-bond donors (Lipinski definition) is 1. The molecular weight excluding hydrogens is 250 g/mol. The summed E-state index contributed by atoms with van der Waals surface area (Å²) in [6.07, 6.45) is 0.920. The summed E-state index contributed by atoms with van der Waals surface area (Å²) in [5.74, 6) is 0. The minimum absolute atomic E-state index is 0.208. The van der Waals surface area contributed by atoms with Gasteiger partial charge in [0.1, 0.15) is 5.01 Å². The van der Waals surface area contributed by atoms with E-state index >= 15 is 0 Å². The molecule has 5 heteroatoms. The van der Waals surface area contributed by atoms with E-state index in [0.717, 1.165) is 15.8 Å². The van der Waals surface area contributed by atoms with Crippen molar-refractivity contribution in [3.8, 4) is 0 Å². The lowest BCUT2D eigenvalue weighted by Crippen LogP contribution is -2.17. The van der Waals surface area contributed by atoms with Crippen LogP contribution in [0.5, 0.6) is 0 Å². The van der Waals surface area contributed by atoms with Crippen molar-refractivity contribution in [3.05, 3.63) is 34.8 Å². The molecule has 1 unspecified atom stereocenters. The molecule has 2 N–H and O–H groups in total. The van der Waals surface area contributed by atoms with Crippen LogP contribution in [0.1, 0.15) is 17.5 Å². The second kappa shape index (κ2) is 5.62. The minimum Gasteiger partial charge on any atom is -0.328 e. The van der Waals surface area contributed by atoms with E-state index in [1.165, 1.54) is 10.5 Å². The van der Waals surface area contributed by atoms with Gasteiger partial charge >= 0.3 is 0 Å². The first kappa shape index (κ1) is 12.5. The Morgan fingerprint density at radius 2 is 2.00 bits per heavy atom. The molecule has 2 aromatic rings. The smallest absolute Gasteiger partial charge is 0.179 e. The second-order valence-corrected chi connectivity index (χ2v) is 6.52. The van der Waals surface area contributed by atoms with Crippen LogP contribution in [0.3, 0.4) is 0 Å². The first-order valence-electron chi connectivity index (χ1n) is 5.46. The van der Waals surface area contributed by atoms with Crippen molar-refractivity contribution in [1.29, 1.82) is 0 Å². The van der Waals surface area contributed by atoms with Gasteiger partial charge in [-0.05, 0) is 38.0 Å². The summed E-state index contributed by atoms with van der Waals surface area (Å²) in [6.45, 7) is 3.99. The van der Waals surface area contributed by atoms with Crippen molar-refractivity contribution in [2.45, 2.75) is 35.5 Å². The number of aryl methyl sites for hydroxylation is 1. The van der Waals surface area contributed by atoms with Crippen molar-refractivity contribution >= 4 is 23.1 Å². The standard InChI is InChI=1S/C12H15N3S2/c1-8(13)7-10-3-5-11(6-4-10)17-12-15-14-9(2)16-12/h3-6,8H,7,13H2,1-2H3. The Morgan fingerprint density at radius 1 is 1.29 bits per heavy atom. The van der Waals surface area contributed by atoms with Crippen molar-refractivity contribution in [3.63, 3.8) is 0 Å². The van der Waals surface area contributed by atoms with E-state index in [1.54, 1.807) is 23.1 Å². The molecular formula is C12H15N3S2. The maximum absolute atomic E-state index is 5.77. The van der Waals surface area contributed by atoms with Gasteiger partial charge in [-0.25, -0.2) is 0 Å². The lowest BCUT2D eigenvalue weighted by Gasteiger charge is -2.05. The zero-order valence-electron chi connectivity index (χ0n) is 9.88. The van der Waals surface area contributed by atoms with Gasteiger partial charge in [-0.2, -0.15) is 0 Å². The number of rotatable bonds is 4. The molecule has 90 valence electrons. The minimum atomic E-state index is 0.208. The van der Waals surface area contributed by atoms with Crippen LogP contribution in [-0.2, 0) is 6.42 Å². The van der Waals surface area contributed by atoms with E-state index in [1.807, 2.05) is 13.8 Å². The van der Waals surface area contributed by atoms with Gasteiger partial charge < -0.3 is 5.73 Å². The van der Waals surface area contributed by atoms with Crippen molar-refractivity contribution < 1.29 is 0 Å². The molecule has 3 nitrogen and oxygen atoms in total. The van der Waals surface area contributed by atoms with Gasteiger partial charge in [0.05, 0.1) is 0 Å². The van der Waals surface area contributed by atoms with E-state index < -0.39 is 0 Å². The molecule has 0 saturated carbocycles. The fraction of sp³-hybridized carbons (Fsp3) is 0.333. The van der Waals surface area contributed by atoms with Crippen molar-refractivity contribution in [2.24, 2.45) is 5.73 Å². The predicted octanol–water partition coefficient (Wildman–Crippen LogP) is 2.89. The summed E-state index contributed by atoms with van der Waals surface area (Å²) in [6, 6.07) is 8.68. The quantitative estimate of drug-likeness (QED) is 0.923. The van der Waals surface area contributed by atoms with Crippen LogP contribution in [0.4, 0.5) is 0 Å². The van der Waals surface area contributed by atoms with Gasteiger partial charge in [0.25, 0.3) is 0 Å². The highest BCUT2D eigenvalue weighted by atomic mass is 32.2. The van der Waals surface area contributed by atoms with Crippen molar-refractivity contribution in [2.75, 3.05) is 0 Å². The van der Waals surface area contributed by atoms with Crippen LogP contribution >= 0.6 is 23.1 Å². The second-order valence-electron chi connectivity index (χ2n) is 4.01. The van der Waals surface area contributed by atoms with Gasteiger partial charge in [0.15, 0.2) is 4.34 Å².